The number of likely N-dealkylation sites (N-methyl/N-ethyl adjacent to an activating group) is 1. The Kier molecular flexibility index (Phi) is 6.46. The second-order valence-corrected chi connectivity index (χ2v) is 11.2. The first kappa shape index (κ1) is 23.9. The highest BCUT2D eigenvalue weighted by Crippen LogP contribution is 2.43. The minimum absolute atomic E-state index is 0.106. The molecule has 1 N–H and O–H groups in total. The number of carbonyl (C=O) groups excluding carboxylic acids is 1. The predicted molar refractivity (Wildman–Crippen MR) is 140 cm³/mol. The molecule has 2 aliphatic carbocycles. The first-order valence-corrected chi connectivity index (χ1v) is 14.0. The zero-order chi connectivity index (χ0) is 24.8. The van der Waals surface area contributed by atoms with Gasteiger partial charge in [0.1, 0.15) is 12.1 Å². The summed E-state index contributed by atoms with van der Waals surface area (Å²) >= 11 is 0. The van der Waals surface area contributed by atoms with Gasteiger partial charge in [-0.15, -0.1) is 0 Å². The van der Waals surface area contributed by atoms with Gasteiger partial charge in [-0.25, -0.2) is 9.97 Å². The van der Waals surface area contributed by atoms with E-state index in [1.807, 2.05) is 0 Å². The Hall–Kier alpha value is -2.51. The number of aliphatic hydroxyl groups excluding tert-OH is 1. The minimum Gasteiger partial charge on any atom is -0.387 e. The van der Waals surface area contributed by atoms with Crippen LogP contribution >= 0.6 is 0 Å². The molecule has 36 heavy (non-hydrogen) atoms. The molecule has 1 unspecified atom stereocenters. The van der Waals surface area contributed by atoms with Crippen LogP contribution in [-0.2, 0) is 4.79 Å². The molecule has 0 bridgehead atoms. The third kappa shape index (κ3) is 4.30. The van der Waals surface area contributed by atoms with E-state index in [1.54, 1.807) is 6.33 Å². The van der Waals surface area contributed by atoms with E-state index in [0.29, 0.717) is 19.5 Å². The second kappa shape index (κ2) is 9.75. The number of benzene rings is 1. The van der Waals surface area contributed by atoms with Gasteiger partial charge in [0, 0.05) is 37.8 Å². The minimum atomic E-state index is -0.500. The summed E-state index contributed by atoms with van der Waals surface area (Å²) in [5, 5.41) is 10.4. The zero-order valence-corrected chi connectivity index (χ0v) is 21.6. The van der Waals surface area contributed by atoms with Gasteiger partial charge in [-0.05, 0) is 68.2 Å². The molecule has 2 aromatic rings. The quantitative estimate of drug-likeness (QED) is 0.665. The SMILES string of the molecule is CCN1CCC[C@H]1C(C(=O)N1CCN(c2ncnc3c2[C@H](C)C[C@H]3O)CC1)c1ccc(C2CC2)cc1. The van der Waals surface area contributed by atoms with Crippen LogP contribution in [0.4, 0.5) is 5.82 Å². The number of likely N-dealkylation sites (tertiary alicyclic amines) is 1. The Morgan fingerprint density at radius 3 is 2.50 bits per heavy atom. The molecule has 192 valence electrons. The summed E-state index contributed by atoms with van der Waals surface area (Å²) in [6.45, 7) is 9.34. The van der Waals surface area contributed by atoms with Gasteiger partial charge in [0.2, 0.25) is 5.91 Å². The van der Waals surface area contributed by atoms with Gasteiger partial charge in [0.05, 0.1) is 17.7 Å². The maximum absolute atomic E-state index is 14.1. The molecule has 4 aliphatic rings. The standard InChI is InChI=1S/C29H39N5O2/c1-3-32-12-4-5-23(32)26(22-10-8-21(9-11-22)20-6-7-20)29(36)34-15-13-33(14-16-34)28-25-19(2)17-24(35)27(25)30-18-31-28/h8-11,18-20,23-24,26,35H,3-7,12-17H2,1-2H3/t19-,23+,24-,26?/m1/s1. The monoisotopic (exact) mass is 489 g/mol. The summed E-state index contributed by atoms with van der Waals surface area (Å²) in [7, 11) is 0. The molecular weight excluding hydrogens is 450 g/mol. The summed E-state index contributed by atoms with van der Waals surface area (Å²) in [4.78, 5) is 30.0. The van der Waals surface area contributed by atoms with E-state index >= 15 is 0 Å². The Balaban J connectivity index is 1.21. The number of anilines is 1. The summed E-state index contributed by atoms with van der Waals surface area (Å²) < 4.78 is 0. The number of aromatic nitrogens is 2. The van der Waals surface area contributed by atoms with E-state index in [1.165, 1.54) is 30.4 Å². The van der Waals surface area contributed by atoms with Crippen molar-refractivity contribution in [2.24, 2.45) is 0 Å². The number of piperazine rings is 1. The van der Waals surface area contributed by atoms with Gasteiger partial charge in [-0.2, -0.15) is 0 Å². The van der Waals surface area contributed by atoms with Crippen molar-refractivity contribution >= 4 is 11.7 Å². The highest BCUT2D eigenvalue weighted by atomic mass is 16.3. The van der Waals surface area contributed by atoms with E-state index in [2.05, 4.69) is 62.8 Å². The lowest BCUT2D eigenvalue weighted by Gasteiger charge is -2.40. The van der Waals surface area contributed by atoms with Crippen LogP contribution in [0.5, 0.6) is 0 Å². The van der Waals surface area contributed by atoms with Crippen LogP contribution in [0.3, 0.4) is 0 Å². The van der Waals surface area contributed by atoms with Gasteiger partial charge >= 0.3 is 0 Å². The Bertz CT molecular complexity index is 1090. The predicted octanol–water partition coefficient (Wildman–Crippen LogP) is 3.81. The Labute approximate surface area is 214 Å². The van der Waals surface area contributed by atoms with E-state index in [0.717, 1.165) is 55.6 Å². The number of rotatable bonds is 6. The van der Waals surface area contributed by atoms with Gasteiger partial charge < -0.3 is 14.9 Å². The average molecular weight is 490 g/mol. The maximum Gasteiger partial charge on any atom is 0.231 e. The highest BCUT2D eigenvalue weighted by Gasteiger charge is 2.40. The maximum atomic E-state index is 14.1. The number of hydrogen-bond donors (Lipinski definition) is 1. The lowest BCUT2D eigenvalue weighted by Crippen LogP contribution is -2.52. The lowest BCUT2D eigenvalue weighted by atomic mass is 9.87. The molecule has 3 heterocycles. The largest absolute Gasteiger partial charge is 0.387 e. The average Bonchev–Trinajstić information content (AvgIpc) is 3.59. The van der Waals surface area contributed by atoms with Gasteiger partial charge in [-0.1, -0.05) is 38.1 Å². The summed E-state index contributed by atoms with van der Waals surface area (Å²) in [6.07, 6.45) is 6.63. The van der Waals surface area contributed by atoms with Crippen LogP contribution in [0, 0.1) is 0 Å². The number of nitrogens with zero attached hydrogens (tertiary/aromatic N) is 5. The van der Waals surface area contributed by atoms with Crippen LogP contribution in [0.2, 0.25) is 0 Å². The summed E-state index contributed by atoms with van der Waals surface area (Å²) in [5.74, 6) is 2.08. The highest BCUT2D eigenvalue weighted by molar-refractivity contribution is 5.85. The third-order valence-corrected chi connectivity index (χ3v) is 8.99. The van der Waals surface area contributed by atoms with Crippen molar-refractivity contribution < 1.29 is 9.90 Å². The summed E-state index contributed by atoms with van der Waals surface area (Å²) in [5.41, 5.74) is 4.47. The first-order valence-electron chi connectivity index (χ1n) is 14.0. The number of hydrogen-bond acceptors (Lipinski definition) is 6. The van der Waals surface area contributed by atoms with Crippen molar-refractivity contribution in [1.82, 2.24) is 19.8 Å². The first-order chi connectivity index (χ1) is 17.5. The van der Waals surface area contributed by atoms with Crippen molar-refractivity contribution in [3.63, 3.8) is 0 Å². The Morgan fingerprint density at radius 1 is 1.06 bits per heavy atom. The fourth-order valence-electron chi connectivity index (χ4n) is 6.83. The molecule has 1 amide bonds. The molecule has 0 radical (unpaired) electrons. The number of amides is 1. The number of aliphatic hydroxyl groups is 1. The molecular formula is C29H39N5O2. The van der Waals surface area contributed by atoms with Gasteiger partial charge in [0.25, 0.3) is 0 Å². The van der Waals surface area contributed by atoms with Gasteiger partial charge in [-0.3, -0.25) is 9.69 Å². The molecule has 1 aromatic carbocycles. The van der Waals surface area contributed by atoms with Crippen molar-refractivity contribution in [2.45, 2.75) is 75.9 Å². The molecule has 7 heteroatoms. The molecule has 3 fully saturated rings. The fourth-order valence-corrected chi connectivity index (χ4v) is 6.83. The smallest absolute Gasteiger partial charge is 0.231 e. The molecule has 1 saturated carbocycles. The van der Waals surface area contributed by atoms with E-state index in [-0.39, 0.29) is 23.8 Å². The Morgan fingerprint density at radius 2 is 1.81 bits per heavy atom. The molecule has 4 atom stereocenters. The van der Waals surface area contributed by atoms with Crippen LogP contribution in [0.25, 0.3) is 0 Å². The van der Waals surface area contributed by atoms with Crippen LogP contribution in [-0.4, -0.2) is 76.1 Å². The second-order valence-electron chi connectivity index (χ2n) is 11.2. The molecule has 7 nitrogen and oxygen atoms in total. The molecule has 6 rings (SSSR count). The fraction of sp³-hybridized carbons (Fsp3) is 0.621. The van der Waals surface area contributed by atoms with Crippen molar-refractivity contribution in [3.05, 3.63) is 53.0 Å². The third-order valence-electron chi connectivity index (χ3n) is 8.99. The van der Waals surface area contributed by atoms with E-state index < -0.39 is 6.10 Å². The van der Waals surface area contributed by atoms with Crippen molar-refractivity contribution in [2.75, 3.05) is 44.2 Å². The molecule has 0 spiro atoms. The molecule has 2 saturated heterocycles. The van der Waals surface area contributed by atoms with Gasteiger partial charge in [0.15, 0.2) is 0 Å². The van der Waals surface area contributed by atoms with Crippen molar-refractivity contribution in [3.8, 4) is 0 Å². The van der Waals surface area contributed by atoms with E-state index in [9.17, 15) is 9.90 Å². The van der Waals surface area contributed by atoms with Crippen molar-refractivity contribution in [1.29, 1.82) is 0 Å². The lowest BCUT2D eigenvalue weighted by molar-refractivity contribution is -0.134. The normalized spacial score (nSPS) is 27.4. The number of fused-ring (bicyclic) bond motifs is 1. The molecule has 2 aliphatic heterocycles. The van der Waals surface area contributed by atoms with Crippen LogP contribution < -0.4 is 4.90 Å². The zero-order valence-electron chi connectivity index (χ0n) is 21.6. The molecule has 1 aromatic heterocycles. The topological polar surface area (TPSA) is 72.8 Å². The summed E-state index contributed by atoms with van der Waals surface area (Å²) in [6, 6.07) is 9.27. The number of carbonyl (C=O) groups is 1. The van der Waals surface area contributed by atoms with Crippen LogP contribution in [0.1, 0.15) is 92.2 Å². The van der Waals surface area contributed by atoms with Crippen LogP contribution in [0.15, 0.2) is 30.6 Å². The van der Waals surface area contributed by atoms with E-state index in [4.69, 9.17) is 0 Å².